The summed E-state index contributed by atoms with van der Waals surface area (Å²) in [5.41, 5.74) is 2.32. The van der Waals surface area contributed by atoms with E-state index in [2.05, 4.69) is 22.8 Å². The minimum absolute atomic E-state index is 0.0806. The number of aryl methyl sites for hydroxylation is 2. The number of carbonyl (C=O) groups excluding carboxylic acids is 1. The number of nitrogens with zero attached hydrogens (tertiary/aromatic N) is 3. The Morgan fingerprint density at radius 1 is 1.24 bits per heavy atom. The number of hydrogen-bond acceptors (Lipinski definition) is 6. The number of carboxylic acid groups (broad SMARTS) is 1. The van der Waals surface area contributed by atoms with Crippen molar-refractivity contribution in [2.45, 2.75) is 95.9 Å². The first-order valence-electron chi connectivity index (χ1n) is 14.2. The van der Waals surface area contributed by atoms with Crippen LogP contribution in [-0.2, 0) is 22.4 Å². The number of aliphatic carboxylic acids is 1. The normalized spacial score (nSPS) is 20.9. The number of methoxy groups -OCH3 is 1. The third kappa shape index (κ3) is 8.80. The Morgan fingerprint density at radius 2 is 2.00 bits per heavy atom. The Kier molecular flexibility index (Phi) is 12.0. The molecule has 1 aromatic rings. The van der Waals surface area contributed by atoms with E-state index < -0.39 is 24.8 Å². The fourth-order valence-corrected chi connectivity index (χ4v) is 5.53. The van der Waals surface area contributed by atoms with E-state index >= 15 is 0 Å². The van der Waals surface area contributed by atoms with Gasteiger partial charge in [0.25, 0.3) is 0 Å². The second-order valence-corrected chi connectivity index (χ2v) is 10.8. The smallest absolute Gasteiger partial charge is 0.326 e. The van der Waals surface area contributed by atoms with Gasteiger partial charge in [0.05, 0.1) is 6.10 Å². The van der Waals surface area contributed by atoms with Crippen LogP contribution in [0.2, 0.25) is 0 Å². The van der Waals surface area contributed by atoms with Gasteiger partial charge < -0.3 is 30.3 Å². The maximum absolute atomic E-state index is 13.4. The number of hydrogen-bond donors (Lipinski definition) is 3. The first kappa shape index (κ1) is 30.1. The highest BCUT2D eigenvalue weighted by Gasteiger charge is 2.31. The Balaban J connectivity index is 1.52. The number of halogens is 1. The van der Waals surface area contributed by atoms with Crippen LogP contribution in [0, 0.1) is 0 Å². The highest BCUT2D eigenvalue weighted by molar-refractivity contribution is 5.83. The number of amides is 2. The van der Waals surface area contributed by atoms with Crippen molar-refractivity contribution in [3.05, 3.63) is 23.4 Å². The molecule has 2 aliphatic heterocycles. The standard InChI is InChI=1S/C28H46FN5O4/c1-20-8-6-9-21(2)34(20)28(37)32-25(27(35)36)14-17-33(19-24(18-29)38-3)16-5-4-11-23-13-12-22-10-7-15-30-26(22)31-23/h12-13,20-21,24-25H,4-11,14-19H2,1-3H3,(H,30,31)(H,32,37)(H,35,36). The van der Waals surface area contributed by atoms with E-state index in [0.29, 0.717) is 19.6 Å². The van der Waals surface area contributed by atoms with Crippen LogP contribution in [0.15, 0.2) is 12.1 Å². The topological polar surface area (TPSA) is 107 Å². The zero-order valence-electron chi connectivity index (χ0n) is 23.3. The first-order chi connectivity index (χ1) is 18.3. The molecule has 1 saturated heterocycles. The van der Waals surface area contributed by atoms with E-state index in [-0.39, 0.29) is 24.5 Å². The largest absolute Gasteiger partial charge is 0.480 e. The first-order valence-corrected chi connectivity index (χ1v) is 14.2. The lowest BCUT2D eigenvalue weighted by atomic mass is 9.98. The van der Waals surface area contributed by atoms with Gasteiger partial charge in [0.2, 0.25) is 0 Å². The number of fused-ring (bicyclic) bond motifs is 1. The third-order valence-electron chi connectivity index (χ3n) is 7.83. The summed E-state index contributed by atoms with van der Waals surface area (Å²) in [5, 5.41) is 15.9. The number of ether oxygens (including phenoxy) is 1. The molecule has 0 bridgehead atoms. The molecule has 1 fully saturated rings. The van der Waals surface area contributed by atoms with Gasteiger partial charge in [0.1, 0.15) is 18.5 Å². The summed E-state index contributed by atoms with van der Waals surface area (Å²) >= 11 is 0. The van der Waals surface area contributed by atoms with Crippen molar-refractivity contribution in [3.63, 3.8) is 0 Å². The third-order valence-corrected chi connectivity index (χ3v) is 7.83. The number of urea groups is 1. The second-order valence-electron chi connectivity index (χ2n) is 10.8. The van der Waals surface area contributed by atoms with Gasteiger partial charge in [-0.25, -0.2) is 19.0 Å². The van der Waals surface area contributed by atoms with Gasteiger partial charge in [-0.3, -0.25) is 0 Å². The van der Waals surface area contributed by atoms with Crippen molar-refractivity contribution in [3.8, 4) is 0 Å². The summed E-state index contributed by atoms with van der Waals surface area (Å²) in [4.78, 5) is 33.5. The Hall–Kier alpha value is -2.46. The molecule has 38 heavy (non-hydrogen) atoms. The molecule has 4 unspecified atom stereocenters. The van der Waals surface area contributed by atoms with Gasteiger partial charge in [-0.05, 0) is 89.8 Å². The highest BCUT2D eigenvalue weighted by Crippen LogP contribution is 2.23. The number of nitrogens with one attached hydrogen (secondary N) is 2. The maximum atomic E-state index is 13.4. The summed E-state index contributed by atoms with van der Waals surface area (Å²) < 4.78 is 18.7. The molecular weight excluding hydrogens is 489 g/mol. The lowest BCUT2D eigenvalue weighted by molar-refractivity contribution is -0.139. The number of likely N-dealkylation sites (tertiary alicyclic amines) is 1. The number of alkyl halides is 1. The minimum atomic E-state index is -1.06. The van der Waals surface area contributed by atoms with Crippen molar-refractivity contribution >= 4 is 17.8 Å². The summed E-state index contributed by atoms with van der Waals surface area (Å²) in [6.07, 6.45) is 7.39. The number of unbranched alkanes of at least 4 members (excludes halogenated alkanes) is 1. The fraction of sp³-hybridized carbons (Fsp3) is 0.750. The molecule has 10 heteroatoms. The van der Waals surface area contributed by atoms with Crippen molar-refractivity contribution in [1.82, 2.24) is 20.1 Å². The molecule has 0 saturated carbocycles. The van der Waals surface area contributed by atoms with E-state index in [1.165, 1.54) is 12.7 Å². The van der Waals surface area contributed by atoms with Gasteiger partial charge in [-0.15, -0.1) is 0 Å². The molecule has 1 aromatic heterocycles. The van der Waals surface area contributed by atoms with Crippen molar-refractivity contribution in [2.24, 2.45) is 0 Å². The Bertz CT molecular complexity index is 890. The van der Waals surface area contributed by atoms with Gasteiger partial charge in [-0.2, -0.15) is 0 Å². The van der Waals surface area contributed by atoms with E-state index in [0.717, 1.165) is 69.4 Å². The molecule has 9 nitrogen and oxygen atoms in total. The predicted octanol–water partition coefficient (Wildman–Crippen LogP) is 3.86. The Labute approximate surface area is 226 Å². The van der Waals surface area contributed by atoms with E-state index in [1.807, 2.05) is 18.7 Å². The molecule has 0 aromatic carbocycles. The molecule has 3 rings (SSSR count). The van der Waals surface area contributed by atoms with Crippen molar-refractivity contribution in [1.29, 1.82) is 0 Å². The average molecular weight is 536 g/mol. The quantitative estimate of drug-likeness (QED) is 0.311. The van der Waals surface area contributed by atoms with Crippen LogP contribution in [0.1, 0.15) is 70.1 Å². The number of anilines is 1. The van der Waals surface area contributed by atoms with E-state index in [1.54, 1.807) is 4.90 Å². The van der Waals surface area contributed by atoms with Crippen LogP contribution in [0.25, 0.3) is 0 Å². The molecule has 0 radical (unpaired) electrons. The number of pyridine rings is 1. The summed E-state index contributed by atoms with van der Waals surface area (Å²) in [5.74, 6) is -0.0622. The van der Waals surface area contributed by atoms with Crippen LogP contribution in [0.5, 0.6) is 0 Å². The highest BCUT2D eigenvalue weighted by atomic mass is 19.1. The van der Waals surface area contributed by atoms with Gasteiger partial charge in [0, 0.05) is 44.5 Å². The summed E-state index contributed by atoms with van der Waals surface area (Å²) in [6.45, 7) is 5.83. The van der Waals surface area contributed by atoms with E-state index in [9.17, 15) is 19.1 Å². The molecule has 3 N–H and O–H groups in total. The SMILES string of the molecule is COC(CF)CN(CCCCc1ccc2c(n1)NCCC2)CCC(NC(=O)N1C(C)CCCC1C)C(=O)O. The molecule has 214 valence electrons. The van der Waals surface area contributed by atoms with Crippen LogP contribution in [0.3, 0.4) is 0 Å². The number of carbonyl (C=O) groups is 2. The monoisotopic (exact) mass is 535 g/mol. The molecule has 4 atom stereocenters. The lowest BCUT2D eigenvalue weighted by Crippen LogP contribution is -2.55. The predicted molar refractivity (Wildman–Crippen MR) is 146 cm³/mol. The molecule has 2 amide bonds. The maximum Gasteiger partial charge on any atom is 0.326 e. The number of piperidine rings is 1. The average Bonchev–Trinajstić information content (AvgIpc) is 2.91. The van der Waals surface area contributed by atoms with E-state index in [4.69, 9.17) is 9.72 Å². The number of rotatable bonds is 14. The molecule has 0 spiro atoms. The molecule has 3 heterocycles. The zero-order chi connectivity index (χ0) is 27.5. The van der Waals surface area contributed by atoms with Gasteiger partial charge >= 0.3 is 12.0 Å². The second kappa shape index (κ2) is 15.2. The minimum Gasteiger partial charge on any atom is -0.480 e. The van der Waals surface area contributed by atoms with Gasteiger partial charge in [-0.1, -0.05) is 6.07 Å². The number of carboxylic acids is 1. The van der Waals surface area contributed by atoms with Crippen molar-refractivity contribution in [2.75, 3.05) is 45.3 Å². The van der Waals surface area contributed by atoms with Crippen LogP contribution >= 0.6 is 0 Å². The van der Waals surface area contributed by atoms with Crippen LogP contribution < -0.4 is 10.6 Å². The lowest BCUT2D eigenvalue weighted by Gasteiger charge is -2.39. The van der Waals surface area contributed by atoms with Gasteiger partial charge in [0.15, 0.2) is 0 Å². The summed E-state index contributed by atoms with van der Waals surface area (Å²) in [6, 6.07) is 3.08. The number of aromatic nitrogens is 1. The van der Waals surface area contributed by atoms with Crippen molar-refractivity contribution < 1.29 is 23.8 Å². The molecule has 0 aliphatic carbocycles. The molecule has 2 aliphatic rings. The zero-order valence-corrected chi connectivity index (χ0v) is 23.3. The van der Waals surface area contributed by atoms with Crippen LogP contribution in [-0.4, -0.2) is 96.1 Å². The summed E-state index contributed by atoms with van der Waals surface area (Å²) in [7, 11) is 1.49. The Morgan fingerprint density at radius 3 is 2.68 bits per heavy atom. The van der Waals surface area contributed by atoms with Crippen LogP contribution in [0.4, 0.5) is 15.0 Å². The molecular formula is C28H46FN5O4. The fourth-order valence-electron chi connectivity index (χ4n) is 5.53.